The standard InChI is InChI=1S/C15H13F2NO/c1-10-2-4-11(5-3-10)9-18-15(19)12-6-13(16)8-14(17)7-12/h2-8H,9H2,1H3,(H,18,19). The van der Waals surface area contributed by atoms with Crippen molar-refractivity contribution in [1.29, 1.82) is 0 Å². The van der Waals surface area contributed by atoms with Crippen LogP contribution < -0.4 is 5.32 Å². The van der Waals surface area contributed by atoms with E-state index >= 15 is 0 Å². The maximum Gasteiger partial charge on any atom is 0.251 e. The molecule has 2 aromatic rings. The number of hydrogen-bond acceptors (Lipinski definition) is 1. The number of nitrogens with one attached hydrogen (secondary N) is 1. The Morgan fingerprint density at radius 2 is 1.63 bits per heavy atom. The Morgan fingerprint density at radius 1 is 1.05 bits per heavy atom. The molecule has 2 nitrogen and oxygen atoms in total. The average molecular weight is 261 g/mol. The average Bonchev–Trinajstić information content (AvgIpc) is 2.36. The molecule has 0 atom stereocenters. The van der Waals surface area contributed by atoms with Crippen LogP contribution >= 0.6 is 0 Å². The van der Waals surface area contributed by atoms with Crippen LogP contribution in [0.1, 0.15) is 21.5 Å². The van der Waals surface area contributed by atoms with Gasteiger partial charge in [0.15, 0.2) is 0 Å². The first-order valence-electron chi connectivity index (χ1n) is 5.84. The highest BCUT2D eigenvalue weighted by atomic mass is 19.1. The number of carbonyl (C=O) groups excluding carboxylic acids is 1. The Bertz CT molecular complexity index is 573. The summed E-state index contributed by atoms with van der Waals surface area (Å²) in [6.07, 6.45) is 0. The molecule has 1 N–H and O–H groups in total. The van der Waals surface area contributed by atoms with Gasteiger partial charge in [-0.3, -0.25) is 4.79 Å². The third kappa shape index (κ3) is 3.61. The number of carbonyl (C=O) groups is 1. The van der Waals surface area contributed by atoms with E-state index in [1.807, 2.05) is 31.2 Å². The maximum absolute atomic E-state index is 13.0. The molecule has 0 spiro atoms. The highest BCUT2D eigenvalue weighted by Gasteiger charge is 2.08. The van der Waals surface area contributed by atoms with E-state index in [2.05, 4.69) is 5.32 Å². The van der Waals surface area contributed by atoms with Crippen LogP contribution in [-0.4, -0.2) is 5.91 Å². The molecule has 2 aromatic carbocycles. The molecule has 0 aliphatic rings. The van der Waals surface area contributed by atoms with Crippen molar-refractivity contribution in [3.05, 3.63) is 70.8 Å². The molecule has 0 saturated heterocycles. The molecule has 0 unspecified atom stereocenters. The molecule has 98 valence electrons. The monoisotopic (exact) mass is 261 g/mol. The Hall–Kier alpha value is -2.23. The van der Waals surface area contributed by atoms with Gasteiger partial charge in [0.2, 0.25) is 0 Å². The van der Waals surface area contributed by atoms with E-state index < -0.39 is 17.5 Å². The van der Waals surface area contributed by atoms with Crippen molar-refractivity contribution in [3.8, 4) is 0 Å². The van der Waals surface area contributed by atoms with Gasteiger partial charge in [-0.25, -0.2) is 8.78 Å². The van der Waals surface area contributed by atoms with E-state index in [0.29, 0.717) is 6.54 Å². The van der Waals surface area contributed by atoms with Gasteiger partial charge in [-0.1, -0.05) is 29.8 Å². The third-order valence-electron chi connectivity index (χ3n) is 2.70. The molecule has 4 heteroatoms. The zero-order chi connectivity index (χ0) is 13.8. The van der Waals surface area contributed by atoms with Crippen molar-refractivity contribution >= 4 is 5.91 Å². The van der Waals surface area contributed by atoms with Gasteiger partial charge in [0.05, 0.1) is 0 Å². The first-order chi connectivity index (χ1) is 9.04. The Labute approximate surface area is 110 Å². The predicted molar refractivity (Wildman–Crippen MR) is 68.7 cm³/mol. The highest BCUT2D eigenvalue weighted by Crippen LogP contribution is 2.08. The fourth-order valence-electron chi connectivity index (χ4n) is 1.68. The summed E-state index contributed by atoms with van der Waals surface area (Å²) in [7, 11) is 0. The number of aryl methyl sites for hydroxylation is 1. The van der Waals surface area contributed by atoms with Crippen LogP contribution in [0.2, 0.25) is 0 Å². The summed E-state index contributed by atoms with van der Waals surface area (Å²) in [6.45, 7) is 2.29. The number of rotatable bonds is 3. The van der Waals surface area contributed by atoms with Gasteiger partial charge in [-0.15, -0.1) is 0 Å². The van der Waals surface area contributed by atoms with Crippen molar-refractivity contribution < 1.29 is 13.6 Å². The van der Waals surface area contributed by atoms with Crippen LogP contribution in [0.4, 0.5) is 8.78 Å². The predicted octanol–water partition coefficient (Wildman–Crippen LogP) is 3.20. The van der Waals surface area contributed by atoms with Gasteiger partial charge in [0.25, 0.3) is 5.91 Å². The Morgan fingerprint density at radius 3 is 2.21 bits per heavy atom. The number of halogens is 2. The summed E-state index contributed by atoms with van der Waals surface area (Å²) in [5.41, 5.74) is 2.03. The van der Waals surface area contributed by atoms with Crippen LogP contribution in [-0.2, 0) is 6.54 Å². The summed E-state index contributed by atoms with van der Waals surface area (Å²) < 4.78 is 26.0. The zero-order valence-electron chi connectivity index (χ0n) is 10.4. The normalized spacial score (nSPS) is 10.3. The Kier molecular flexibility index (Phi) is 3.90. The smallest absolute Gasteiger partial charge is 0.251 e. The molecule has 19 heavy (non-hydrogen) atoms. The second-order valence-electron chi connectivity index (χ2n) is 4.33. The van der Waals surface area contributed by atoms with Crippen LogP contribution in [0.15, 0.2) is 42.5 Å². The van der Waals surface area contributed by atoms with E-state index in [9.17, 15) is 13.6 Å². The molecular weight excluding hydrogens is 248 g/mol. The summed E-state index contributed by atoms with van der Waals surface area (Å²) in [6, 6.07) is 10.4. The lowest BCUT2D eigenvalue weighted by molar-refractivity contribution is 0.0950. The molecule has 0 fully saturated rings. The van der Waals surface area contributed by atoms with E-state index in [4.69, 9.17) is 0 Å². The first kappa shape index (κ1) is 13.2. The van der Waals surface area contributed by atoms with Gasteiger partial charge >= 0.3 is 0 Å². The second kappa shape index (κ2) is 5.61. The fraction of sp³-hybridized carbons (Fsp3) is 0.133. The van der Waals surface area contributed by atoms with E-state index in [1.165, 1.54) is 0 Å². The first-order valence-corrected chi connectivity index (χ1v) is 5.84. The maximum atomic E-state index is 13.0. The molecule has 0 saturated carbocycles. The van der Waals surface area contributed by atoms with E-state index in [0.717, 1.165) is 29.3 Å². The molecule has 0 aliphatic heterocycles. The molecule has 0 bridgehead atoms. The van der Waals surface area contributed by atoms with Gasteiger partial charge in [-0.05, 0) is 24.6 Å². The minimum atomic E-state index is -0.763. The Balaban J connectivity index is 2.03. The SMILES string of the molecule is Cc1ccc(CNC(=O)c2cc(F)cc(F)c2)cc1. The molecule has 0 heterocycles. The molecule has 0 aromatic heterocycles. The van der Waals surface area contributed by atoms with Crippen molar-refractivity contribution in [2.24, 2.45) is 0 Å². The molecular formula is C15H13F2NO. The van der Waals surface area contributed by atoms with Crippen molar-refractivity contribution in [2.45, 2.75) is 13.5 Å². The van der Waals surface area contributed by atoms with E-state index in [-0.39, 0.29) is 5.56 Å². The summed E-state index contributed by atoms with van der Waals surface area (Å²) in [5, 5.41) is 2.62. The van der Waals surface area contributed by atoms with E-state index in [1.54, 1.807) is 0 Å². The molecule has 0 radical (unpaired) electrons. The van der Waals surface area contributed by atoms with Gasteiger partial charge < -0.3 is 5.32 Å². The van der Waals surface area contributed by atoms with Crippen LogP contribution in [0.3, 0.4) is 0 Å². The fourth-order valence-corrected chi connectivity index (χ4v) is 1.68. The van der Waals surface area contributed by atoms with Crippen molar-refractivity contribution in [1.82, 2.24) is 5.32 Å². The highest BCUT2D eigenvalue weighted by molar-refractivity contribution is 5.94. The quantitative estimate of drug-likeness (QED) is 0.903. The van der Waals surface area contributed by atoms with Gasteiger partial charge in [0, 0.05) is 18.2 Å². The number of hydrogen-bond donors (Lipinski definition) is 1. The lowest BCUT2D eigenvalue weighted by Gasteiger charge is -2.06. The van der Waals surface area contributed by atoms with Crippen LogP contribution in [0, 0.1) is 18.6 Å². The minimum absolute atomic E-state index is 0.0235. The lowest BCUT2D eigenvalue weighted by atomic mass is 10.1. The van der Waals surface area contributed by atoms with Crippen molar-refractivity contribution in [2.75, 3.05) is 0 Å². The lowest BCUT2D eigenvalue weighted by Crippen LogP contribution is -2.23. The largest absolute Gasteiger partial charge is 0.348 e. The zero-order valence-corrected chi connectivity index (χ0v) is 10.4. The summed E-state index contributed by atoms with van der Waals surface area (Å²) >= 11 is 0. The summed E-state index contributed by atoms with van der Waals surface area (Å²) in [4.78, 5) is 11.7. The molecule has 0 aliphatic carbocycles. The number of amides is 1. The summed E-state index contributed by atoms with van der Waals surface area (Å²) in [5.74, 6) is -2.03. The third-order valence-corrected chi connectivity index (χ3v) is 2.70. The van der Waals surface area contributed by atoms with Gasteiger partial charge in [-0.2, -0.15) is 0 Å². The second-order valence-corrected chi connectivity index (χ2v) is 4.33. The molecule has 2 rings (SSSR count). The van der Waals surface area contributed by atoms with Crippen LogP contribution in [0.5, 0.6) is 0 Å². The molecule has 1 amide bonds. The minimum Gasteiger partial charge on any atom is -0.348 e. The van der Waals surface area contributed by atoms with Crippen LogP contribution in [0.25, 0.3) is 0 Å². The van der Waals surface area contributed by atoms with Crippen molar-refractivity contribution in [3.63, 3.8) is 0 Å². The topological polar surface area (TPSA) is 29.1 Å². The number of benzene rings is 2. The van der Waals surface area contributed by atoms with Gasteiger partial charge in [0.1, 0.15) is 11.6 Å².